The van der Waals surface area contributed by atoms with E-state index in [9.17, 15) is 0 Å². The second kappa shape index (κ2) is 12.4. The van der Waals surface area contributed by atoms with Gasteiger partial charge in [0, 0.05) is 60.2 Å². The minimum Gasteiger partial charge on any atom is -0.310 e. The number of aromatic nitrogens is 2. The molecule has 0 spiro atoms. The predicted octanol–water partition coefficient (Wildman–Crippen LogP) is 15.9. The van der Waals surface area contributed by atoms with Crippen LogP contribution < -0.4 is 10.1 Å². The van der Waals surface area contributed by atoms with Gasteiger partial charge in [-0.05, 0) is 118 Å². The highest BCUT2D eigenvalue weighted by atomic mass is 28.3. The zero-order chi connectivity index (χ0) is 42.7. The maximum atomic E-state index is 2.59. The van der Waals surface area contributed by atoms with Crippen LogP contribution in [0, 0.1) is 0 Å². The fraction of sp³-hybridized carbons (Fsp3) is 0.263. The summed E-state index contributed by atoms with van der Waals surface area (Å²) >= 11 is 0. The molecule has 4 aromatic heterocycles. The van der Waals surface area contributed by atoms with Crippen LogP contribution in [0.15, 0.2) is 127 Å². The molecular weight excluding hydrogens is 755 g/mol. The third kappa shape index (κ3) is 5.60. The van der Waals surface area contributed by atoms with Crippen molar-refractivity contribution < 1.29 is 0 Å². The highest BCUT2D eigenvalue weighted by Gasteiger charge is 2.28. The number of benzene rings is 7. The molecule has 0 aliphatic heterocycles. The second-order valence-electron chi connectivity index (χ2n) is 22.0. The van der Waals surface area contributed by atoms with Crippen LogP contribution in [0.2, 0.25) is 19.6 Å². The van der Waals surface area contributed by atoms with E-state index in [2.05, 4.69) is 223 Å². The SMILES string of the molecule is CC(C)(C)c1ccc2c(c1)c1cc(C(C)(C)C)cc3c4cc5c(cc4n2c13)c1cc(C(C)(C)C)cc2c3ccc(N(c4ccccc4)c4ccc([Si](C)(C)C)cc4)cc3n5c21. The van der Waals surface area contributed by atoms with Gasteiger partial charge in [-0.1, -0.05) is 130 Å². The average molecular weight is 812 g/mol. The molecule has 0 N–H and O–H groups in total. The van der Waals surface area contributed by atoms with Crippen molar-refractivity contribution in [3.05, 3.63) is 144 Å². The molecule has 4 heterocycles. The first-order chi connectivity index (χ1) is 28.8. The Hall–Kier alpha value is -5.84. The van der Waals surface area contributed by atoms with Gasteiger partial charge in [0.15, 0.2) is 0 Å². The Kier molecular flexibility index (Phi) is 7.74. The Morgan fingerprint density at radius 2 is 0.787 bits per heavy atom. The first-order valence-electron chi connectivity index (χ1n) is 22.2. The van der Waals surface area contributed by atoms with Crippen molar-refractivity contribution in [1.82, 2.24) is 8.80 Å². The monoisotopic (exact) mass is 811 g/mol. The zero-order valence-corrected chi connectivity index (χ0v) is 39.0. The molecule has 11 aromatic rings. The summed E-state index contributed by atoms with van der Waals surface area (Å²) in [4.78, 5) is 2.43. The number of anilines is 3. The molecule has 0 saturated heterocycles. The lowest BCUT2D eigenvalue weighted by Gasteiger charge is -2.26. The van der Waals surface area contributed by atoms with E-state index in [0.717, 1.165) is 11.4 Å². The zero-order valence-electron chi connectivity index (χ0n) is 38.0. The van der Waals surface area contributed by atoms with Crippen molar-refractivity contribution in [2.75, 3.05) is 4.90 Å². The van der Waals surface area contributed by atoms with E-state index >= 15 is 0 Å². The van der Waals surface area contributed by atoms with Gasteiger partial charge in [0.2, 0.25) is 0 Å². The average Bonchev–Trinajstić information content (AvgIpc) is 3.92. The lowest BCUT2D eigenvalue weighted by Crippen LogP contribution is -2.37. The van der Waals surface area contributed by atoms with Gasteiger partial charge in [0.1, 0.15) is 0 Å². The van der Waals surface area contributed by atoms with Crippen molar-refractivity contribution in [2.24, 2.45) is 0 Å². The Labute approximate surface area is 360 Å². The summed E-state index contributed by atoms with van der Waals surface area (Å²) in [5.74, 6) is 0. The molecule has 0 radical (unpaired) electrons. The maximum Gasteiger partial charge on any atom is 0.0775 e. The Bertz CT molecular complexity index is 3540. The van der Waals surface area contributed by atoms with Gasteiger partial charge in [0.05, 0.1) is 41.2 Å². The number of para-hydroxylation sites is 1. The predicted molar refractivity (Wildman–Crippen MR) is 270 cm³/mol. The van der Waals surface area contributed by atoms with Crippen molar-refractivity contribution in [1.29, 1.82) is 0 Å². The van der Waals surface area contributed by atoms with Crippen molar-refractivity contribution in [3.63, 3.8) is 0 Å². The number of hydrogen-bond acceptors (Lipinski definition) is 1. The van der Waals surface area contributed by atoms with E-state index in [0.29, 0.717) is 0 Å². The van der Waals surface area contributed by atoms with E-state index in [4.69, 9.17) is 0 Å². The van der Waals surface area contributed by atoms with Gasteiger partial charge in [0.25, 0.3) is 0 Å². The van der Waals surface area contributed by atoms with Crippen LogP contribution in [0.5, 0.6) is 0 Å². The molecule has 304 valence electrons. The van der Waals surface area contributed by atoms with Gasteiger partial charge < -0.3 is 13.7 Å². The van der Waals surface area contributed by atoms with E-state index in [1.807, 2.05) is 0 Å². The Morgan fingerprint density at radius 3 is 1.30 bits per heavy atom. The molecule has 7 aromatic carbocycles. The van der Waals surface area contributed by atoms with E-state index in [1.54, 1.807) is 0 Å². The topological polar surface area (TPSA) is 12.1 Å². The summed E-state index contributed by atoms with van der Waals surface area (Å²) in [7, 11) is -1.46. The molecule has 3 nitrogen and oxygen atoms in total. The lowest BCUT2D eigenvalue weighted by atomic mass is 9.84. The van der Waals surface area contributed by atoms with E-state index in [-0.39, 0.29) is 16.2 Å². The third-order valence-electron chi connectivity index (χ3n) is 13.7. The molecule has 0 fully saturated rings. The summed E-state index contributed by atoms with van der Waals surface area (Å²) in [5.41, 5.74) is 15.4. The molecule has 0 aliphatic carbocycles. The summed E-state index contributed by atoms with van der Waals surface area (Å²) in [6.45, 7) is 28.3. The van der Waals surface area contributed by atoms with Crippen molar-refractivity contribution in [3.8, 4) is 0 Å². The summed E-state index contributed by atoms with van der Waals surface area (Å²) in [5, 5.41) is 12.1. The molecule has 0 aliphatic rings. The summed E-state index contributed by atoms with van der Waals surface area (Å²) < 4.78 is 5.17. The minimum absolute atomic E-state index is 0.00134. The van der Waals surface area contributed by atoms with Gasteiger partial charge in [-0.3, -0.25) is 0 Å². The first-order valence-corrected chi connectivity index (χ1v) is 25.7. The standard InChI is InChI=1S/C57H57N3Si/c1-55(2,3)34-18-25-49-42(26-34)46-28-36(57(7,8)9)30-48-43-33-52-44(32-51(43)59(49)54(46)48)47-29-35(56(4,5)6)27-45-41-24-21-39(31-50(41)60(52)53(45)47)58(37-16-14-13-15-17-37)38-19-22-40(23-20-38)61(10,11)12/h13-33H,1-12H3. The largest absolute Gasteiger partial charge is 0.310 e. The molecular formula is C57H57N3Si. The molecule has 0 unspecified atom stereocenters. The van der Waals surface area contributed by atoms with Crippen LogP contribution in [0.1, 0.15) is 79.0 Å². The Morgan fingerprint density at radius 1 is 0.361 bits per heavy atom. The molecule has 4 heteroatoms. The van der Waals surface area contributed by atoms with Crippen LogP contribution in [0.3, 0.4) is 0 Å². The fourth-order valence-electron chi connectivity index (χ4n) is 10.2. The van der Waals surface area contributed by atoms with Crippen LogP contribution in [-0.2, 0) is 16.2 Å². The van der Waals surface area contributed by atoms with Gasteiger partial charge in [-0.15, -0.1) is 0 Å². The summed E-state index contributed by atoms with van der Waals surface area (Å²) in [6.07, 6.45) is 0. The van der Waals surface area contributed by atoms with Crippen LogP contribution >= 0.6 is 0 Å². The van der Waals surface area contributed by atoms with Gasteiger partial charge in [-0.25, -0.2) is 0 Å². The maximum absolute atomic E-state index is 2.59. The third-order valence-corrected chi connectivity index (χ3v) is 15.8. The first kappa shape index (κ1) is 38.1. The summed E-state index contributed by atoms with van der Waals surface area (Å²) in [6, 6.07) is 49.6. The van der Waals surface area contributed by atoms with E-state index in [1.165, 1.54) is 104 Å². The number of nitrogens with zero attached hydrogens (tertiary/aromatic N) is 3. The number of rotatable bonds is 4. The molecule has 0 amide bonds. The van der Waals surface area contributed by atoms with Crippen LogP contribution in [-0.4, -0.2) is 16.9 Å². The molecule has 0 bridgehead atoms. The van der Waals surface area contributed by atoms with Gasteiger partial charge >= 0.3 is 0 Å². The van der Waals surface area contributed by atoms with Crippen molar-refractivity contribution >= 4 is 107 Å². The minimum atomic E-state index is -1.46. The normalized spacial score (nSPS) is 13.6. The quantitative estimate of drug-likeness (QED) is 0.161. The molecule has 0 atom stereocenters. The lowest BCUT2D eigenvalue weighted by molar-refractivity contribution is 0.590. The number of fused-ring (bicyclic) bond motifs is 12. The van der Waals surface area contributed by atoms with Crippen molar-refractivity contribution in [2.45, 2.75) is 98.2 Å². The number of hydrogen-bond donors (Lipinski definition) is 0. The second-order valence-corrected chi connectivity index (χ2v) is 27.1. The Balaban J connectivity index is 1.26. The highest BCUT2D eigenvalue weighted by molar-refractivity contribution is 6.88. The van der Waals surface area contributed by atoms with E-state index < -0.39 is 8.07 Å². The molecule has 61 heavy (non-hydrogen) atoms. The highest BCUT2D eigenvalue weighted by Crippen LogP contribution is 2.48. The fourth-order valence-corrected chi connectivity index (χ4v) is 11.3. The van der Waals surface area contributed by atoms with Crippen LogP contribution in [0.25, 0.3) is 76.2 Å². The molecule has 0 saturated carbocycles. The van der Waals surface area contributed by atoms with Gasteiger partial charge in [-0.2, -0.15) is 0 Å². The smallest absolute Gasteiger partial charge is 0.0775 e. The van der Waals surface area contributed by atoms with Crippen LogP contribution in [0.4, 0.5) is 17.1 Å². The molecule has 11 rings (SSSR count).